The van der Waals surface area contributed by atoms with Crippen LogP contribution in [0.1, 0.15) is 59.1 Å². The normalized spacial score (nSPS) is 17.1. The molecular formula is C33H29ClFN3O2. The second-order valence-corrected chi connectivity index (χ2v) is 10.8. The number of benzene rings is 4. The number of rotatable bonds is 7. The third kappa shape index (κ3) is 5.19. The smallest absolute Gasteiger partial charge is 0.248 e. The number of fused-ring (bicyclic) bond motifs is 1. The molecule has 1 saturated carbocycles. The van der Waals surface area contributed by atoms with Crippen molar-refractivity contribution in [3.05, 3.63) is 119 Å². The maximum Gasteiger partial charge on any atom is 0.248 e. The maximum absolute atomic E-state index is 15.7. The SMILES string of the molecule is NC(=O)c1ccc(-c2ccc(Cl)cc2)c(COc2ccc(C3CCCCC3n3cnc4ccccc43)c(F)c2)c1. The number of imidazole rings is 1. The predicted molar refractivity (Wildman–Crippen MR) is 156 cm³/mol. The molecule has 0 radical (unpaired) electrons. The Hall–Kier alpha value is -4.16. The Kier molecular flexibility index (Phi) is 7.27. The molecule has 4 aromatic carbocycles. The number of hydrogen-bond donors (Lipinski definition) is 1. The Morgan fingerprint density at radius 3 is 2.60 bits per heavy atom. The van der Waals surface area contributed by atoms with Gasteiger partial charge >= 0.3 is 0 Å². The van der Waals surface area contributed by atoms with Crippen molar-refractivity contribution in [1.82, 2.24) is 9.55 Å². The molecule has 5 nitrogen and oxygen atoms in total. The molecule has 2 N–H and O–H groups in total. The number of carbonyl (C=O) groups is 1. The third-order valence-electron chi connectivity index (χ3n) is 7.88. The number of hydrogen-bond acceptors (Lipinski definition) is 3. The number of aromatic nitrogens is 2. The van der Waals surface area contributed by atoms with Gasteiger partial charge in [-0.3, -0.25) is 4.79 Å². The van der Waals surface area contributed by atoms with E-state index in [4.69, 9.17) is 22.1 Å². The quantitative estimate of drug-likeness (QED) is 0.221. The molecule has 1 amide bonds. The summed E-state index contributed by atoms with van der Waals surface area (Å²) in [6.07, 6.45) is 5.96. The minimum absolute atomic E-state index is 0.0455. The van der Waals surface area contributed by atoms with Crippen LogP contribution in [-0.2, 0) is 6.61 Å². The summed E-state index contributed by atoms with van der Waals surface area (Å²) < 4.78 is 23.9. The van der Waals surface area contributed by atoms with Crippen LogP contribution >= 0.6 is 11.6 Å². The molecule has 1 heterocycles. The topological polar surface area (TPSA) is 70.1 Å². The number of nitrogens with zero attached hydrogens (tertiary/aromatic N) is 2. The van der Waals surface area contributed by atoms with Gasteiger partial charge in [0.05, 0.1) is 17.4 Å². The Labute approximate surface area is 237 Å². The lowest BCUT2D eigenvalue weighted by atomic mass is 9.79. The monoisotopic (exact) mass is 553 g/mol. The summed E-state index contributed by atoms with van der Waals surface area (Å²) in [5.41, 5.74) is 11.2. The first-order valence-corrected chi connectivity index (χ1v) is 13.9. The van der Waals surface area contributed by atoms with Gasteiger partial charge in [-0.25, -0.2) is 9.37 Å². The average Bonchev–Trinajstić information content (AvgIpc) is 3.41. The maximum atomic E-state index is 15.7. The van der Waals surface area contributed by atoms with Gasteiger partial charge in [-0.1, -0.05) is 60.8 Å². The molecule has 7 heteroatoms. The van der Waals surface area contributed by atoms with Gasteiger partial charge in [-0.2, -0.15) is 0 Å². The van der Waals surface area contributed by atoms with Crippen LogP contribution < -0.4 is 10.5 Å². The second-order valence-electron chi connectivity index (χ2n) is 10.3. The summed E-state index contributed by atoms with van der Waals surface area (Å²) in [6, 6.07) is 26.1. The van der Waals surface area contributed by atoms with Crippen molar-refractivity contribution in [2.24, 2.45) is 5.73 Å². The summed E-state index contributed by atoms with van der Waals surface area (Å²) in [5.74, 6) is -0.327. The number of amides is 1. The van der Waals surface area contributed by atoms with Gasteiger partial charge in [-0.15, -0.1) is 0 Å². The molecule has 1 aromatic heterocycles. The van der Waals surface area contributed by atoms with E-state index in [0.29, 0.717) is 21.9 Å². The summed E-state index contributed by atoms with van der Waals surface area (Å²) >= 11 is 6.07. The first kappa shape index (κ1) is 26.1. The number of halogens is 2. The predicted octanol–water partition coefficient (Wildman–Crippen LogP) is 8.07. The van der Waals surface area contributed by atoms with Crippen LogP contribution in [-0.4, -0.2) is 15.5 Å². The van der Waals surface area contributed by atoms with E-state index in [2.05, 4.69) is 15.6 Å². The molecule has 2 atom stereocenters. The molecule has 5 aromatic rings. The fourth-order valence-corrected chi connectivity index (χ4v) is 6.01. The van der Waals surface area contributed by atoms with E-state index < -0.39 is 5.91 Å². The van der Waals surface area contributed by atoms with Crippen molar-refractivity contribution in [3.63, 3.8) is 0 Å². The lowest BCUT2D eigenvalue weighted by Gasteiger charge is -2.33. The minimum Gasteiger partial charge on any atom is -0.489 e. The number of ether oxygens (including phenoxy) is 1. The number of nitrogens with two attached hydrogens (primary N) is 1. The molecule has 2 unspecified atom stereocenters. The Morgan fingerprint density at radius 1 is 1.00 bits per heavy atom. The van der Waals surface area contributed by atoms with Crippen LogP contribution in [0.3, 0.4) is 0 Å². The van der Waals surface area contributed by atoms with Gasteiger partial charge in [0.2, 0.25) is 5.91 Å². The second kappa shape index (κ2) is 11.1. The van der Waals surface area contributed by atoms with Gasteiger partial charge in [0, 0.05) is 28.6 Å². The summed E-state index contributed by atoms with van der Waals surface area (Å²) in [4.78, 5) is 16.4. The molecule has 0 spiro atoms. The molecule has 1 aliphatic carbocycles. The van der Waals surface area contributed by atoms with Crippen molar-refractivity contribution < 1.29 is 13.9 Å². The van der Waals surface area contributed by atoms with E-state index in [1.807, 2.05) is 67.0 Å². The standard InChI is InChI=1S/C33H29ClFN3O2/c34-24-12-9-21(10-13-24)26-15-11-22(33(36)39)17-23(26)19-40-25-14-16-27(29(35)18-25)28-5-1-3-7-31(28)38-20-37-30-6-2-4-8-32(30)38/h2,4,6,8-18,20,28,31H,1,3,5,7,19H2,(H2,36,39). The zero-order chi connectivity index (χ0) is 27.6. The van der Waals surface area contributed by atoms with Crippen LogP contribution in [0.4, 0.5) is 4.39 Å². The molecule has 1 aliphatic rings. The van der Waals surface area contributed by atoms with Crippen molar-refractivity contribution in [3.8, 4) is 16.9 Å². The van der Waals surface area contributed by atoms with Crippen LogP contribution in [0.5, 0.6) is 5.75 Å². The molecule has 202 valence electrons. The molecule has 1 fully saturated rings. The van der Waals surface area contributed by atoms with E-state index in [0.717, 1.165) is 53.4 Å². The first-order chi connectivity index (χ1) is 19.5. The van der Waals surface area contributed by atoms with Crippen molar-refractivity contribution >= 4 is 28.5 Å². The highest BCUT2D eigenvalue weighted by atomic mass is 35.5. The van der Waals surface area contributed by atoms with Gasteiger partial charge in [0.25, 0.3) is 0 Å². The van der Waals surface area contributed by atoms with Gasteiger partial charge in [0.15, 0.2) is 0 Å². The highest BCUT2D eigenvalue weighted by Gasteiger charge is 2.30. The minimum atomic E-state index is -0.521. The van der Waals surface area contributed by atoms with Gasteiger partial charge < -0.3 is 15.0 Å². The average molecular weight is 554 g/mol. The van der Waals surface area contributed by atoms with E-state index in [1.165, 1.54) is 6.07 Å². The fraction of sp³-hybridized carbons (Fsp3) is 0.212. The lowest BCUT2D eigenvalue weighted by Crippen LogP contribution is -2.22. The fourth-order valence-electron chi connectivity index (χ4n) is 5.89. The molecule has 0 bridgehead atoms. The summed E-state index contributed by atoms with van der Waals surface area (Å²) in [7, 11) is 0. The zero-order valence-electron chi connectivity index (χ0n) is 21.9. The summed E-state index contributed by atoms with van der Waals surface area (Å²) in [5, 5.41) is 0.632. The van der Waals surface area contributed by atoms with E-state index in [1.54, 1.807) is 12.1 Å². The van der Waals surface area contributed by atoms with E-state index >= 15 is 4.39 Å². The molecular weight excluding hydrogens is 525 g/mol. The number of primary amides is 1. The van der Waals surface area contributed by atoms with Gasteiger partial charge in [0.1, 0.15) is 18.2 Å². The highest BCUT2D eigenvalue weighted by Crippen LogP contribution is 2.43. The molecule has 40 heavy (non-hydrogen) atoms. The van der Waals surface area contributed by atoms with E-state index in [-0.39, 0.29) is 24.4 Å². The Balaban J connectivity index is 1.26. The zero-order valence-corrected chi connectivity index (χ0v) is 22.7. The number of carbonyl (C=O) groups excluding carboxylic acids is 1. The summed E-state index contributed by atoms with van der Waals surface area (Å²) in [6.45, 7) is 0.144. The lowest BCUT2D eigenvalue weighted by molar-refractivity contribution is 0.1000. The van der Waals surface area contributed by atoms with Crippen LogP contribution in [0.25, 0.3) is 22.2 Å². The van der Waals surface area contributed by atoms with Crippen LogP contribution in [0.15, 0.2) is 91.3 Å². The Morgan fingerprint density at radius 2 is 1.80 bits per heavy atom. The van der Waals surface area contributed by atoms with Gasteiger partial charge in [-0.05, 0) is 77.6 Å². The molecule has 0 saturated heterocycles. The highest BCUT2D eigenvalue weighted by molar-refractivity contribution is 6.30. The Bertz CT molecular complexity index is 1680. The third-order valence-corrected chi connectivity index (χ3v) is 8.13. The van der Waals surface area contributed by atoms with Crippen molar-refractivity contribution in [2.45, 2.75) is 44.2 Å². The molecule has 0 aliphatic heterocycles. The molecule has 6 rings (SSSR count). The van der Waals surface area contributed by atoms with Crippen LogP contribution in [0.2, 0.25) is 5.02 Å². The van der Waals surface area contributed by atoms with Crippen molar-refractivity contribution in [2.75, 3.05) is 0 Å². The number of para-hydroxylation sites is 2. The largest absolute Gasteiger partial charge is 0.489 e. The van der Waals surface area contributed by atoms with E-state index in [9.17, 15) is 4.79 Å². The van der Waals surface area contributed by atoms with Crippen LogP contribution in [0, 0.1) is 5.82 Å². The first-order valence-electron chi connectivity index (χ1n) is 13.5. The van der Waals surface area contributed by atoms with Crippen molar-refractivity contribution in [1.29, 1.82) is 0 Å².